The van der Waals surface area contributed by atoms with Crippen LogP contribution in [0, 0.1) is 6.92 Å². The predicted octanol–water partition coefficient (Wildman–Crippen LogP) is 5.58. The maximum Gasteiger partial charge on any atom is 0.344 e. The third-order valence-electron chi connectivity index (χ3n) is 5.06. The third kappa shape index (κ3) is 3.69. The van der Waals surface area contributed by atoms with Crippen molar-refractivity contribution in [1.29, 1.82) is 0 Å². The monoisotopic (exact) mass is 383 g/mol. The summed E-state index contributed by atoms with van der Waals surface area (Å²) in [6.07, 6.45) is 0.829. The van der Waals surface area contributed by atoms with Crippen LogP contribution in [0.4, 0.5) is 5.69 Å². The normalized spacial score (nSPS) is 10.8. The number of hydrogen-bond donors (Lipinski definition) is 1. The Hall–Kier alpha value is -3.66. The maximum atomic E-state index is 12.9. The lowest BCUT2D eigenvalue weighted by atomic mass is 10.0. The van der Waals surface area contributed by atoms with Gasteiger partial charge in [0.2, 0.25) is 0 Å². The minimum Gasteiger partial charge on any atom is -0.422 e. The molecule has 1 amide bonds. The van der Waals surface area contributed by atoms with Crippen molar-refractivity contribution in [3.63, 3.8) is 0 Å². The molecule has 0 aliphatic heterocycles. The van der Waals surface area contributed by atoms with E-state index < -0.39 is 5.63 Å². The molecule has 0 saturated carbocycles. The highest BCUT2D eigenvalue weighted by Crippen LogP contribution is 2.24. The standard InChI is InChI=1S/C25H21NO3/c1-3-17-10-6-8-16(2)23(17)26-24(27)20-12-7-11-18(14-20)21-15-19-9-4-5-13-22(19)29-25(21)28/h4-15H,3H2,1-2H3,(H,26,27). The molecule has 0 radical (unpaired) electrons. The summed E-state index contributed by atoms with van der Waals surface area (Å²) in [7, 11) is 0. The number of amides is 1. The number of hydrogen-bond acceptors (Lipinski definition) is 3. The number of carbonyl (C=O) groups is 1. The van der Waals surface area contributed by atoms with Gasteiger partial charge in [-0.25, -0.2) is 4.79 Å². The average molecular weight is 383 g/mol. The van der Waals surface area contributed by atoms with Gasteiger partial charge in [-0.05, 0) is 54.3 Å². The first-order chi connectivity index (χ1) is 14.1. The molecule has 4 nitrogen and oxygen atoms in total. The van der Waals surface area contributed by atoms with Gasteiger partial charge < -0.3 is 9.73 Å². The van der Waals surface area contributed by atoms with Crippen molar-refractivity contribution in [3.05, 3.63) is 99.9 Å². The van der Waals surface area contributed by atoms with E-state index in [9.17, 15) is 9.59 Å². The van der Waals surface area contributed by atoms with Crippen LogP contribution in [0.15, 0.2) is 82.0 Å². The van der Waals surface area contributed by atoms with Crippen LogP contribution in [0.1, 0.15) is 28.4 Å². The largest absolute Gasteiger partial charge is 0.422 e. The van der Waals surface area contributed by atoms with E-state index in [0.29, 0.717) is 22.3 Å². The van der Waals surface area contributed by atoms with Crippen LogP contribution in [0.3, 0.4) is 0 Å². The van der Waals surface area contributed by atoms with Gasteiger partial charge in [0, 0.05) is 16.6 Å². The van der Waals surface area contributed by atoms with Crippen molar-refractivity contribution in [2.45, 2.75) is 20.3 Å². The summed E-state index contributed by atoms with van der Waals surface area (Å²) in [4.78, 5) is 25.4. The summed E-state index contributed by atoms with van der Waals surface area (Å²) in [6.45, 7) is 4.04. The highest BCUT2D eigenvalue weighted by atomic mass is 16.4. The van der Waals surface area contributed by atoms with E-state index in [2.05, 4.69) is 12.2 Å². The summed E-state index contributed by atoms with van der Waals surface area (Å²) in [6, 6.07) is 22.2. The van der Waals surface area contributed by atoms with Crippen LogP contribution < -0.4 is 10.9 Å². The Labute approximate surface area is 168 Å². The molecule has 0 saturated heterocycles. The fraction of sp³-hybridized carbons (Fsp3) is 0.120. The van der Waals surface area contributed by atoms with Crippen LogP contribution in [-0.2, 0) is 6.42 Å². The third-order valence-corrected chi connectivity index (χ3v) is 5.06. The average Bonchev–Trinajstić information content (AvgIpc) is 2.74. The molecule has 1 N–H and O–H groups in total. The molecule has 0 atom stereocenters. The number of fused-ring (bicyclic) bond motifs is 1. The van der Waals surface area contributed by atoms with Gasteiger partial charge in [-0.3, -0.25) is 4.79 Å². The molecular weight excluding hydrogens is 362 g/mol. The van der Waals surface area contributed by atoms with Gasteiger partial charge in [0.15, 0.2) is 0 Å². The summed E-state index contributed by atoms with van der Waals surface area (Å²) < 4.78 is 5.43. The smallest absolute Gasteiger partial charge is 0.344 e. The van der Waals surface area contributed by atoms with Gasteiger partial charge in [0.05, 0.1) is 5.56 Å². The van der Waals surface area contributed by atoms with Crippen molar-refractivity contribution in [2.75, 3.05) is 5.32 Å². The van der Waals surface area contributed by atoms with Crippen LogP contribution in [0.5, 0.6) is 0 Å². The van der Waals surface area contributed by atoms with Crippen LogP contribution in [0.25, 0.3) is 22.1 Å². The van der Waals surface area contributed by atoms with E-state index in [-0.39, 0.29) is 5.91 Å². The minimum atomic E-state index is -0.423. The number of anilines is 1. The van der Waals surface area contributed by atoms with E-state index in [1.807, 2.05) is 49.4 Å². The molecule has 1 heterocycles. The Bertz CT molecular complexity index is 1270. The fourth-order valence-corrected chi connectivity index (χ4v) is 3.48. The number of aryl methyl sites for hydroxylation is 2. The molecule has 29 heavy (non-hydrogen) atoms. The second kappa shape index (κ2) is 7.76. The molecule has 3 aromatic carbocycles. The van der Waals surface area contributed by atoms with Crippen LogP contribution in [-0.4, -0.2) is 5.91 Å². The highest BCUT2D eigenvalue weighted by molar-refractivity contribution is 6.05. The number of nitrogens with one attached hydrogen (secondary N) is 1. The molecule has 0 aliphatic rings. The fourth-order valence-electron chi connectivity index (χ4n) is 3.48. The first kappa shape index (κ1) is 18.7. The van der Waals surface area contributed by atoms with E-state index >= 15 is 0 Å². The lowest BCUT2D eigenvalue weighted by Crippen LogP contribution is -2.14. The number of rotatable bonds is 4. The molecule has 4 heteroatoms. The molecule has 4 aromatic rings. The van der Waals surface area contributed by atoms with E-state index in [0.717, 1.165) is 28.6 Å². The molecule has 0 bridgehead atoms. The van der Waals surface area contributed by atoms with Crippen molar-refractivity contribution in [2.24, 2.45) is 0 Å². The van der Waals surface area contributed by atoms with Crippen LogP contribution in [0.2, 0.25) is 0 Å². The van der Waals surface area contributed by atoms with Gasteiger partial charge in [0.25, 0.3) is 5.91 Å². The lowest BCUT2D eigenvalue weighted by Gasteiger charge is -2.13. The molecular formula is C25H21NO3. The van der Waals surface area contributed by atoms with Crippen molar-refractivity contribution < 1.29 is 9.21 Å². The zero-order valence-corrected chi connectivity index (χ0v) is 16.4. The number of para-hydroxylation sites is 2. The van der Waals surface area contributed by atoms with E-state index in [4.69, 9.17) is 4.42 Å². The molecule has 0 aliphatic carbocycles. The Morgan fingerprint density at radius 3 is 2.59 bits per heavy atom. The van der Waals surface area contributed by atoms with E-state index in [1.54, 1.807) is 30.3 Å². The van der Waals surface area contributed by atoms with Gasteiger partial charge in [0.1, 0.15) is 5.58 Å². The molecule has 0 fully saturated rings. The van der Waals surface area contributed by atoms with Crippen molar-refractivity contribution in [3.8, 4) is 11.1 Å². The SMILES string of the molecule is CCc1cccc(C)c1NC(=O)c1cccc(-c2cc3ccccc3oc2=O)c1. The first-order valence-corrected chi connectivity index (χ1v) is 9.60. The summed E-state index contributed by atoms with van der Waals surface area (Å²) >= 11 is 0. The quantitative estimate of drug-likeness (QED) is 0.468. The molecule has 4 rings (SSSR count). The summed E-state index contributed by atoms with van der Waals surface area (Å²) in [5.41, 5.74) is 4.64. The Kier molecular flexibility index (Phi) is 5.00. The Morgan fingerprint density at radius 1 is 0.966 bits per heavy atom. The molecule has 0 unspecified atom stereocenters. The molecule has 0 spiro atoms. The van der Waals surface area contributed by atoms with Crippen molar-refractivity contribution in [1.82, 2.24) is 0 Å². The maximum absolute atomic E-state index is 12.9. The second-order valence-electron chi connectivity index (χ2n) is 6.98. The molecule has 1 aromatic heterocycles. The zero-order valence-electron chi connectivity index (χ0n) is 16.4. The van der Waals surface area contributed by atoms with Gasteiger partial charge in [-0.2, -0.15) is 0 Å². The second-order valence-corrected chi connectivity index (χ2v) is 6.98. The van der Waals surface area contributed by atoms with Gasteiger partial charge in [-0.15, -0.1) is 0 Å². The predicted molar refractivity (Wildman–Crippen MR) is 116 cm³/mol. The van der Waals surface area contributed by atoms with Crippen LogP contribution >= 0.6 is 0 Å². The lowest BCUT2D eigenvalue weighted by molar-refractivity contribution is 0.102. The topological polar surface area (TPSA) is 59.3 Å². The molecule has 144 valence electrons. The zero-order chi connectivity index (χ0) is 20.4. The Balaban J connectivity index is 1.71. The highest BCUT2D eigenvalue weighted by Gasteiger charge is 2.13. The number of carbonyl (C=O) groups excluding carboxylic acids is 1. The van der Waals surface area contributed by atoms with Gasteiger partial charge >= 0.3 is 5.63 Å². The van der Waals surface area contributed by atoms with E-state index in [1.165, 1.54) is 0 Å². The summed E-state index contributed by atoms with van der Waals surface area (Å²) in [5.74, 6) is -0.207. The van der Waals surface area contributed by atoms with Crippen molar-refractivity contribution >= 4 is 22.6 Å². The van der Waals surface area contributed by atoms with Gasteiger partial charge in [-0.1, -0.05) is 55.5 Å². The minimum absolute atomic E-state index is 0.207. The number of benzene rings is 3. The summed E-state index contributed by atoms with van der Waals surface area (Å²) in [5, 5.41) is 3.87. The Morgan fingerprint density at radius 2 is 1.76 bits per heavy atom. The first-order valence-electron chi connectivity index (χ1n) is 9.60.